The van der Waals surface area contributed by atoms with Gasteiger partial charge in [0.25, 0.3) is 0 Å². The Morgan fingerprint density at radius 1 is 1.42 bits per heavy atom. The molecule has 0 saturated carbocycles. The van der Waals surface area contributed by atoms with Gasteiger partial charge in [-0.2, -0.15) is 0 Å². The van der Waals surface area contributed by atoms with Crippen molar-refractivity contribution in [1.29, 1.82) is 0 Å². The van der Waals surface area contributed by atoms with Crippen LogP contribution >= 0.6 is 43.2 Å². The van der Waals surface area contributed by atoms with E-state index >= 15 is 0 Å². The van der Waals surface area contributed by atoms with Gasteiger partial charge < -0.3 is 4.74 Å². The predicted molar refractivity (Wildman–Crippen MR) is 81.8 cm³/mol. The first-order valence-corrected chi connectivity index (χ1v) is 7.72. The predicted octanol–water partition coefficient (Wildman–Crippen LogP) is 3.97. The van der Waals surface area contributed by atoms with Crippen LogP contribution in [0.25, 0.3) is 0 Å². The molecule has 1 unspecified atom stereocenters. The van der Waals surface area contributed by atoms with Gasteiger partial charge in [0.15, 0.2) is 11.6 Å². The zero-order valence-corrected chi connectivity index (χ0v) is 13.9. The zero-order chi connectivity index (χ0) is 14.0. The zero-order valence-electron chi connectivity index (χ0n) is 9.91. The van der Waals surface area contributed by atoms with Crippen molar-refractivity contribution in [3.63, 3.8) is 0 Å². The number of nitrogens with one attached hydrogen (secondary N) is 1. The molecule has 0 aliphatic carbocycles. The third-order valence-electron chi connectivity index (χ3n) is 2.64. The molecule has 3 nitrogen and oxygen atoms in total. The van der Waals surface area contributed by atoms with Crippen LogP contribution in [0.1, 0.15) is 16.5 Å². The molecular weight excluding hydrogens is 399 g/mol. The Balaban J connectivity index is 2.48. The fourth-order valence-electron chi connectivity index (χ4n) is 1.74. The summed E-state index contributed by atoms with van der Waals surface area (Å²) < 4.78 is 21.1. The second kappa shape index (κ2) is 6.32. The molecule has 1 aromatic carbocycles. The van der Waals surface area contributed by atoms with Crippen molar-refractivity contribution in [1.82, 2.24) is 5.43 Å². The Morgan fingerprint density at radius 2 is 2.16 bits per heavy atom. The van der Waals surface area contributed by atoms with Gasteiger partial charge in [0, 0.05) is 14.9 Å². The quantitative estimate of drug-likeness (QED) is 0.593. The standard InChI is InChI=1S/C12H11Br2FN2OS/c1-18-8-4-2-3-6(10(8)15)11(17-16)9-5-7(13)12(14)19-9/h2-5,11,17H,16H2,1H3. The van der Waals surface area contributed by atoms with Crippen LogP contribution in [0.15, 0.2) is 32.5 Å². The molecule has 19 heavy (non-hydrogen) atoms. The molecule has 2 rings (SSSR count). The molecule has 2 aromatic rings. The van der Waals surface area contributed by atoms with E-state index in [0.717, 1.165) is 13.1 Å². The highest BCUT2D eigenvalue weighted by molar-refractivity contribution is 9.13. The maximum atomic E-state index is 14.3. The van der Waals surface area contributed by atoms with Gasteiger partial charge in [-0.1, -0.05) is 12.1 Å². The summed E-state index contributed by atoms with van der Waals surface area (Å²) in [5.74, 6) is 5.37. The fourth-order valence-corrected chi connectivity index (χ4v) is 3.91. The normalized spacial score (nSPS) is 12.5. The number of nitrogens with two attached hydrogens (primary N) is 1. The van der Waals surface area contributed by atoms with E-state index in [4.69, 9.17) is 10.6 Å². The molecule has 3 N–H and O–H groups in total. The van der Waals surface area contributed by atoms with Gasteiger partial charge in [-0.25, -0.2) is 9.82 Å². The number of methoxy groups -OCH3 is 1. The van der Waals surface area contributed by atoms with Crippen LogP contribution < -0.4 is 16.0 Å². The van der Waals surface area contributed by atoms with Crippen LogP contribution in [-0.4, -0.2) is 7.11 Å². The maximum Gasteiger partial charge on any atom is 0.170 e. The average Bonchev–Trinajstić information content (AvgIpc) is 2.72. The van der Waals surface area contributed by atoms with E-state index in [1.54, 1.807) is 18.2 Å². The number of halogens is 3. The molecule has 7 heteroatoms. The molecule has 0 aliphatic rings. The Hall–Kier alpha value is -0.470. The van der Waals surface area contributed by atoms with Crippen molar-refractivity contribution in [3.8, 4) is 5.75 Å². The van der Waals surface area contributed by atoms with Crippen molar-refractivity contribution < 1.29 is 9.13 Å². The molecule has 0 spiro atoms. The van der Waals surface area contributed by atoms with E-state index in [9.17, 15) is 4.39 Å². The number of benzene rings is 1. The van der Waals surface area contributed by atoms with Gasteiger partial charge in [0.1, 0.15) is 0 Å². The summed E-state index contributed by atoms with van der Waals surface area (Å²) in [5.41, 5.74) is 3.09. The van der Waals surface area contributed by atoms with Crippen LogP contribution in [0.5, 0.6) is 5.75 Å². The first kappa shape index (κ1) is 14.9. The highest BCUT2D eigenvalue weighted by Gasteiger charge is 2.21. The van der Waals surface area contributed by atoms with Crippen molar-refractivity contribution in [2.24, 2.45) is 5.84 Å². The van der Waals surface area contributed by atoms with E-state index in [2.05, 4.69) is 37.3 Å². The number of thiophene rings is 1. The molecule has 0 amide bonds. The molecule has 0 bridgehead atoms. The smallest absolute Gasteiger partial charge is 0.170 e. The van der Waals surface area contributed by atoms with Crippen LogP contribution in [0.3, 0.4) is 0 Å². The Morgan fingerprint density at radius 3 is 2.68 bits per heavy atom. The van der Waals surface area contributed by atoms with Gasteiger partial charge in [-0.05, 0) is 44.0 Å². The fraction of sp³-hybridized carbons (Fsp3) is 0.167. The summed E-state index contributed by atoms with van der Waals surface area (Å²) in [5, 5.41) is 0. The summed E-state index contributed by atoms with van der Waals surface area (Å²) in [6.45, 7) is 0. The molecule has 1 heterocycles. The third-order valence-corrected chi connectivity index (χ3v) is 5.96. The van der Waals surface area contributed by atoms with E-state index in [-0.39, 0.29) is 5.75 Å². The van der Waals surface area contributed by atoms with Gasteiger partial charge in [-0.3, -0.25) is 5.84 Å². The maximum absolute atomic E-state index is 14.3. The topological polar surface area (TPSA) is 47.3 Å². The molecular formula is C12H11Br2FN2OS. The minimum absolute atomic E-state index is 0.201. The first-order valence-electron chi connectivity index (χ1n) is 5.31. The Labute approximate surface area is 131 Å². The molecule has 1 aromatic heterocycles. The van der Waals surface area contributed by atoms with Gasteiger partial charge in [0.2, 0.25) is 0 Å². The van der Waals surface area contributed by atoms with Gasteiger partial charge in [-0.15, -0.1) is 11.3 Å². The van der Waals surface area contributed by atoms with Crippen molar-refractivity contribution in [2.75, 3.05) is 7.11 Å². The lowest BCUT2D eigenvalue weighted by Crippen LogP contribution is -2.29. The number of ether oxygens (including phenoxy) is 1. The molecule has 0 saturated heterocycles. The minimum atomic E-state index is -0.428. The van der Waals surface area contributed by atoms with E-state index in [0.29, 0.717) is 5.56 Å². The second-order valence-corrected chi connectivity index (χ2v) is 6.99. The lowest BCUT2D eigenvalue weighted by atomic mass is 10.0. The molecule has 1 atom stereocenters. The van der Waals surface area contributed by atoms with Crippen LogP contribution in [-0.2, 0) is 0 Å². The summed E-state index contributed by atoms with van der Waals surface area (Å²) in [4.78, 5) is 0.897. The summed E-state index contributed by atoms with van der Waals surface area (Å²) in [6, 6.07) is 6.47. The lowest BCUT2D eigenvalue weighted by Gasteiger charge is -2.16. The average molecular weight is 410 g/mol. The van der Waals surface area contributed by atoms with Crippen molar-refractivity contribution in [2.45, 2.75) is 6.04 Å². The number of hydrogen-bond acceptors (Lipinski definition) is 4. The van der Waals surface area contributed by atoms with Crippen molar-refractivity contribution in [3.05, 3.63) is 48.8 Å². The summed E-state index contributed by atoms with van der Waals surface area (Å²) >= 11 is 8.31. The van der Waals surface area contributed by atoms with Crippen molar-refractivity contribution >= 4 is 43.2 Å². The molecule has 102 valence electrons. The van der Waals surface area contributed by atoms with Crippen LogP contribution in [0.4, 0.5) is 4.39 Å². The van der Waals surface area contributed by atoms with Gasteiger partial charge >= 0.3 is 0 Å². The Bertz CT molecular complexity index is 572. The number of hydrazine groups is 1. The number of hydrogen-bond donors (Lipinski definition) is 2. The van der Waals surface area contributed by atoms with Crippen LogP contribution in [0, 0.1) is 5.82 Å². The highest BCUT2D eigenvalue weighted by Crippen LogP contribution is 2.38. The first-order chi connectivity index (χ1) is 9.08. The molecule has 0 fully saturated rings. The van der Waals surface area contributed by atoms with E-state index in [1.165, 1.54) is 18.4 Å². The third kappa shape index (κ3) is 3.00. The highest BCUT2D eigenvalue weighted by atomic mass is 79.9. The SMILES string of the molecule is COc1cccc(C(NN)c2cc(Br)c(Br)s2)c1F. The second-order valence-electron chi connectivity index (χ2n) is 3.73. The minimum Gasteiger partial charge on any atom is -0.494 e. The van der Waals surface area contributed by atoms with Crippen LogP contribution in [0.2, 0.25) is 0 Å². The molecule has 0 aliphatic heterocycles. The van der Waals surface area contributed by atoms with E-state index < -0.39 is 11.9 Å². The number of rotatable bonds is 4. The summed E-state index contributed by atoms with van der Waals surface area (Å²) in [6.07, 6.45) is 0. The van der Waals surface area contributed by atoms with E-state index in [1.807, 2.05) is 6.07 Å². The monoisotopic (exact) mass is 408 g/mol. The Kier molecular flexibility index (Phi) is 4.97. The largest absolute Gasteiger partial charge is 0.494 e. The lowest BCUT2D eigenvalue weighted by molar-refractivity contribution is 0.382. The molecule has 0 radical (unpaired) electrons. The summed E-state index contributed by atoms with van der Waals surface area (Å²) in [7, 11) is 1.44. The van der Waals surface area contributed by atoms with Gasteiger partial charge in [0.05, 0.1) is 16.9 Å².